The van der Waals surface area contributed by atoms with Crippen LogP contribution in [0.5, 0.6) is 0 Å². The van der Waals surface area contributed by atoms with Gasteiger partial charge in [0.2, 0.25) is 5.91 Å². The minimum Gasteiger partial charge on any atom is -0.340 e. The molecular weight excluding hydrogens is 502 g/mol. The van der Waals surface area contributed by atoms with Crippen LogP contribution >= 0.6 is 11.8 Å². The first-order valence-corrected chi connectivity index (χ1v) is 14.6. The van der Waals surface area contributed by atoms with E-state index in [1.165, 1.54) is 11.1 Å². The molecule has 1 amide bonds. The third-order valence-electron chi connectivity index (χ3n) is 6.89. The van der Waals surface area contributed by atoms with E-state index in [1.54, 1.807) is 11.8 Å². The molecule has 0 aliphatic carbocycles. The molecular formula is C32H35N5OS. The maximum atomic E-state index is 12.9. The van der Waals surface area contributed by atoms with E-state index in [-0.39, 0.29) is 5.91 Å². The summed E-state index contributed by atoms with van der Waals surface area (Å²) in [5, 5.41) is 9.91. The van der Waals surface area contributed by atoms with Crippen LogP contribution in [0.15, 0.2) is 96.2 Å². The number of hydrogen-bond acceptors (Lipinski definition) is 5. The summed E-state index contributed by atoms with van der Waals surface area (Å²) >= 11 is 1.66. The van der Waals surface area contributed by atoms with Crippen molar-refractivity contribution in [2.45, 2.75) is 24.9 Å². The molecule has 0 radical (unpaired) electrons. The monoisotopic (exact) mass is 537 g/mol. The Morgan fingerprint density at radius 2 is 1.64 bits per heavy atom. The van der Waals surface area contributed by atoms with E-state index in [2.05, 4.69) is 99.4 Å². The van der Waals surface area contributed by atoms with Gasteiger partial charge in [-0.1, -0.05) is 96.7 Å². The summed E-state index contributed by atoms with van der Waals surface area (Å²) in [6, 6.07) is 28.9. The van der Waals surface area contributed by atoms with Gasteiger partial charge in [-0.25, -0.2) is 0 Å². The zero-order valence-corrected chi connectivity index (χ0v) is 23.3. The molecule has 1 aromatic heterocycles. The van der Waals surface area contributed by atoms with Gasteiger partial charge >= 0.3 is 0 Å². The summed E-state index contributed by atoms with van der Waals surface area (Å²) in [6.45, 7) is 6.44. The van der Waals surface area contributed by atoms with Gasteiger partial charge in [-0.3, -0.25) is 14.3 Å². The molecule has 1 saturated heterocycles. The van der Waals surface area contributed by atoms with E-state index < -0.39 is 0 Å². The van der Waals surface area contributed by atoms with Crippen LogP contribution in [0.2, 0.25) is 0 Å². The number of nitrogens with zero attached hydrogens (tertiary/aromatic N) is 5. The van der Waals surface area contributed by atoms with Crippen molar-refractivity contribution >= 4 is 23.7 Å². The van der Waals surface area contributed by atoms with Crippen molar-refractivity contribution in [2.75, 3.05) is 38.5 Å². The van der Waals surface area contributed by atoms with Gasteiger partial charge < -0.3 is 4.90 Å². The molecule has 1 fully saturated rings. The van der Waals surface area contributed by atoms with Crippen LogP contribution in [0.1, 0.15) is 24.0 Å². The van der Waals surface area contributed by atoms with E-state index in [9.17, 15) is 4.79 Å². The minimum atomic E-state index is 0.250. The van der Waals surface area contributed by atoms with E-state index in [4.69, 9.17) is 0 Å². The molecule has 200 valence electrons. The van der Waals surface area contributed by atoms with Crippen molar-refractivity contribution in [1.29, 1.82) is 0 Å². The molecule has 7 heteroatoms. The number of piperazine rings is 1. The first kappa shape index (κ1) is 26.9. The summed E-state index contributed by atoms with van der Waals surface area (Å²) in [4.78, 5) is 17.3. The fourth-order valence-electron chi connectivity index (χ4n) is 4.76. The number of thioether (sulfide) groups is 1. The van der Waals surface area contributed by atoms with Crippen molar-refractivity contribution in [3.63, 3.8) is 0 Å². The molecule has 2 heterocycles. The summed E-state index contributed by atoms with van der Waals surface area (Å²) < 4.78 is 2.13. The molecule has 3 aromatic carbocycles. The maximum Gasteiger partial charge on any atom is 0.222 e. The molecule has 0 unspecified atom stereocenters. The minimum absolute atomic E-state index is 0.250. The van der Waals surface area contributed by atoms with Crippen molar-refractivity contribution in [1.82, 2.24) is 24.6 Å². The lowest BCUT2D eigenvalue weighted by Crippen LogP contribution is -2.48. The fourth-order valence-corrected chi connectivity index (χ4v) is 5.66. The molecule has 0 saturated carbocycles. The Hall–Kier alpha value is -3.68. The predicted octanol–water partition coefficient (Wildman–Crippen LogP) is 5.97. The van der Waals surface area contributed by atoms with Gasteiger partial charge in [0, 0.05) is 56.1 Å². The summed E-state index contributed by atoms with van der Waals surface area (Å²) in [5.74, 6) is 1.89. The molecule has 1 aliphatic heterocycles. The smallest absolute Gasteiger partial charge is 0.222 e. The Morgan fingerprint density at radius 3 is 2.38 bits per heavy atom. The van der Waals surface area contributed by atoms with Crippen molar-refractivity contribution < 1.29 is 4.79 Å². The van der Waals surface area contributed by atoms with Gasteiger partial charge in [0.15, 0.2) is 11.0 Å². The number of aromatic nitrogens is 3. The first-order valence-electron chi connectivity index (χ1n) is 13.6. The average Bonchev–Trinajstić information content (AvgIpc) is 3.40. The predicted molar refractivity (Wildman–Crippen MR) is 160 cm³/mol. The molecule has 4 aromatic rings. The van der Waals surface area contributed by atoms with Crippen LogP contribution in [-0.2, 0) is 4.79 Å². The van der Waals surface area contributed by atoms with Crippen molar-refractivity contribution in [3.05, 3.63) is 102 Å². The molecule has 0 spiro atoms. The van der Waals surface area contributed by atoms with Gasteiger partial charge in [-0.05, 0) is 36.6 Å². The maximum absolute atomic E-state index is 12.9. The number of hydrogen-bond donors (Lipinski definition) is 0. The van der Waals surface area contributed by atoms with Crippen LogP contribution in [0.25, 0.3) is 23.2 Å². The highest BCUT2D eigenvalue weighted by atomic mass is 32.2. The zero-order chi connectivity index (χ0) is 26.9. The number of rotatable bonds is 10. The van der Waals surface area contributed by atoms with Crippen LogP contribution < -0.4 is 0 Å². The lowest BCUT2D eigenvalue weighted by molar-refractivity contribution is -0.132. The third-order valence-corrected chi connectivity index (χ3v) is 7.91. The lowest BCUT2D eigenvalue weighted by Gasteiger charge is -2.34. The molecule has 39 heavy (non-hydrogen) atoms. The molecule has 5 rings (SSSR count). The second-order valence-electron chi connectivity index (χ2n) is 9.79. The standard InChI is InChI=1S/C32H35N5OS/c1-26-11-8-17-29(25-26)37-31(28-15-6-3-7-16-28)33-34-32(37)39-24-10-18-30(38)36-22-20-35(21-23-36)19-9-14-27-12-4-2-5-13-27/h2-9,11-17,25H,10,18-24H2,1H3. The second kappa shape index (κ2) is 13.4. The highest BCUT2D eigenvalue weighted by Gasteiger charge is 2.21. The fraction of sp³-hybridized carbons (Fsp3) is 0.281. The van der Waals surface area contributed by atoms with E-state index in [1.807, 2.05) is 29.2 Å². The topological polar surface area (TPSA) is 54.3 Å². The summed E-state index contributed by atoms with van der Waals surface area (Å²) in [5.41, 5.74) is 4.49. The number of benzene rings is 3. The van der Waals surface area contributed by atoms with E-state index in [0.717, 1.165) is 67.1 Å². The van der Waals surface area contributed by atoms with E-state index in [0.29, 0.717) is 6.42 Å². The van der Waals surface area contributed by atoms with Crippen molar-refractivity contribution in [3.8, 4) is 17.1 Å². The van der Waals surface area contributed by atoms with Gasteiger partial charge in [0.1, 0.15) is 0 Å². The van der Waals surface area contributed by atoms with Gasteiger partial charge in [-0.15, -0.1) is 10.2 Å². The highest BCUT2D eigenvalue weighted by molar-refractivity contribution is 7.99. The van der Waals surface area contributed by atoms with Crippen LogP contribution in [0, 0.1) is 6.92 Å². The molecule has 1 aliphatic rings. The van der Waals surface area contributed by atoms with Crippen LogP contribution in [-0.4, -0.2) is 68.9 Å². The van der Waals surface area contributed by atoms with Gasteiger partial charge in [0.05, 0.1) is 0 Å². The number of carbonyl (C=O) groups excluding carboxylic acids is 1. The molecule has 0 N–H and O–H groups in total. The number of aryl methyl sites for hydroxylation is 1. The van der Waals surface area contributed by atoms with Gasteiger partial charge in [-0.2, -0.15) is 0 Å². The Bertz CT molecular complexity index is 1380. The largest absolute Gasteiger partial charge is 0.340 e. The molecule has 6 nitrogen and oxygen atoms in total. The summed E-state index contributed by atoms with van der Waals surface area (Å²) in [6.07, 6.45) is 5.75. The summed E-state index contributed by atoms with van der Waals surface area (Å²) in [7, 11) is 0. The normalized spacial score (nSPS) is 14.2. The second-order valence-corrected chi connectivity index (χ2v) is 10.9. The highest BCUT2D eigenvalue weighted by Crippen LogP contribution is 2.28. The Morgan fingerprint density at radius 1 is 0.897 bits per heavy atom. The number of carbonyl (C=O) groups is 1. The first-order chi connectivity index (χ1) is 19.2. The van der Waals surface area contributed by atoms with Crippen LogP contribution in [0.4, 0.5) is 0 Å². The average molecular weight is 538 g/mol. The SMILES string of the molecule is Cc1cccc(-n2c(SCCCC(=O)N3CCN(CC=Cc4ccccc4)CC3)nnc2-c2ccccc2)c1. The third kappa shape index (κ3) is 7.25. The lowest BCUT2D eigenvalue weighted by atomic mass is 10.2. The van der Waals surface area contributed by atoms with E-state index >= 15 is 0 Å². The molecule has 0 bridgehead atoms. The number of amides is 1. The van der Waals surface area contributed by atoms with Gasteiger partial charge in [0.25, 0.3) is 0 Å². The Labute approximate surface area is 235 Å². The quantitative estimate of drug-likeness (QED) is 0.184. The van der Waals surface area contributed by atoms with Crippen molar-refractivity contribution in [2.24, 2.45) is 0 Å². The zero-order valence-electron chi connectivity index (χ0n) is 22.4. The van der Waals surface area contributed by atoms with Crippen LogP contribution in [0.3, 0.4) is 0 Å². The Balaban J connectivity index is 1.11. The molecule has 0 atom stereocenters. The Kier molecular flexibility index (Phi) is 9.25.